The van der Waals surface area contributed by atoms with Crippen molar-refractivity contribution in [3.8, 4) is 28.3 Å². The van der Waals surface area contributed by atoms with Gasteiger partial charge in [0.25, 0.3) is 0 Å². The van der Waals surface area contributed by atoms with Crippen LogP contribution in [0.4, 0.5) is 10.2 Å². The van der Waals surface area contributed by atoms with Crippen LogP contribution < -0.4 is 10.1 Å². The summed E-state index contributed by atoms with van der Waals surface area (Å²) in [5.41, 5.74) is 1.82. The van der Waals surface area contributed by atoms with Gasteiger partial charge >= 0.3 is 7.82 Å². The molecule has 0 saturated carbocycles. The van der Waals surface area contributed by atoms with Crippen molar-refractivity contribution in [2.45, 2.75) is 82.6 Å². The largest absolute Gasteiger partial charge is 0.482 e. The number of phosphoric ester groups is 1. The molecule has 0 saturated heterocycles. The molecule has 0 aliphatic carbocycles. The topological polar surface area (TPSA) is 115 Å². The zero-order valence-electron chi connectivity index (χ0n) is 29.8. The van der Waals surface area contributed by atoms with Crippen LogP contribution in [-0.4, -0.2) is 81.7 Å². The maximum absolute atomic E-state index is 14.8. The summed E-state index contributed by atoms with van der Waals surface area (Å²) in [5.74, 6) is -0.144. The number of pyridine rings is 1. The fraction of sp³-hybridized carbons (Fsp3) is 0.469. The number of aryl methyl sites for hydroxylation is 1. The van der Waals surface area contributed by atoms with Gasteiger partial charge in [0.1, 0.15) is 18.7 Å². The van der Waals surface area contributed by atoms with Crippen molar-refractivity contribution in [3.63, 3.8) is 0 Å². The molecule has 0 unspecified atom stereocenters. The Morgan fingerprint density at radius 1 is 1.06 bits per heavy atom. The molecule has 5 rings (SSSR count). The van der Waals surface area contributed by atoms with Gasteiger partial charge in [-0.2, -0.15) is 10.2 Å². The van der Waals surface area contributed by atoms with E-state index >= 15 is 0 Å². The van der Waals surface area contributed by atoms with Crippen LogP contribution in [0.5, 0.6) is 5.75 Å². The Labute approximate surface area is 309 Å². The molecular formula is C32H36B5ClFN6O5P. The van der Waals surface area contributed by atoms with E-state index in [0.717, 1.165) is 10.2 Å². The van der Waals surface area contributed by atoms with Gasteiger partial charge in [-0.1, -0.05) is 11.6 Å². The molecule has 1 aliphatic heterocycles. The molecule has 0 amide bonds. The standard InChI is InChI=1S/C32H36B5ClFN6O5P/c1-17-22-13-20(39)9-10-21(22)25-19(15-44(8)42-25)11-23-26(45(43-27(23)38)32(36,37)31(33,34)35)18-12-24(48-17)28(40-14-18)41-16-47-51(46,49-29(2,3)4)50-30(5,6)7/h9-10,12-15,17H,11,16H2,1-8H3,(H,40,41)/t17-/m1/s1. The van der Waals surface area contributed by atoms with Crippen LogP contribution in [-0.2, 0) is 36.9 Å². The average Bonchev–Trinajstić information content (AvgIpc) is 3.49. The normalized spacial score (nSPS) is 15.5. The number of nitrogens with one attached hydrogen (secondary N) is 1. The first-order valence-electron chi connectivity index (χ1n) is 16.0. The third-order valence-corrected chi connectivity index (χ3v) is 9.91. The maximum atomic E-state index is 14.8. The van der Waals surface area contributed by atoms with Crippen molar-refractivity contribution in [2.75, 3.05) is 12.0 Å². The van der Waals surface area contributed by atoms with Crippen molar-refractivity contribution in [1.29, 1.82) is 0 Å². The Balaban J connectivity index is 1.68. The Kier molecular flexibility index (Phi) is 10.6. The first-order chi connectivity index (χ1) is 23.4. The summed E-state index contributed by atoms with van der Waals surface area (Å²) in [7, 11) is 28.7. The molecule has 1 atom stereocenters. The molecule has 0 spiro atoms. The van der Waals surface area contributed by atoms with Crippen LogP contribution in [0.1, 0.15) is 71.3 Å². The number of benzene rings is 1. The SMILES string of the molecule is [B]C([B])([B])C([B])([B])n1nc(Cl)c2c1-c1cnc(NCOP(=O)(OC(C)(C)C)OC(C)(C)C)c(c1)O[C@H](C)c1cc(F)ccc1-c1nn(C)cc1C2. The number of anilines is 1. The highest BCUT2D eigenvalue weighted by Crippen LogP contribution is 2.55. The Hall–Kier alpha value is -2.96. The molecule has 0 fully saturated rings. The molecule has 1 N–H and O–H groups in total. The number of halogens is 2. The first-order valence-corrected chi connectivity index (χ1v) is 17.8. The summed E-state index contributed by atoms with van der Waals surface area (Å²) in [6.45, 7) is 11.8. The highest BCUT2D eigenvalue weighted by atomic mass is 35.5. The molecule has 19 heteroatoms. The van der Waals surface area contributed by atoms with Crippen LogP contribution in [0.15, 0.2) is 36.7 Å². The van der Waals surface area contributed by atoms with E-state index in [4.69, 9.17) is 74.2 Å². The van der Waals surface area contributed by atoms with Crippen molar-refractivity contribution in [3.05, 3.63) is 64.3 Å². The molecule has 258 valence electrons. The number of fused-ring (bicyclic) bond motifs is 7. The third kappa shape index (κ3) is 8.65. The molecular weight excluding hydrogens is 688 g/mol. The van der Waals surface area contributed by atoms with E-state index in [-0.39, 0.29) is 29.9 Å². The number of hydrogen-bond acceptors (Lipinski definition) is 9. The summed E-state index contributed by atoms with van der Waals surface area (Å²) < 4.78 is 55.0. The van der Waals surface area contributed by atoms with E-state index in [2.05, 4.69) is 15.4 Å². The maximum Gasteiger partial charge on any atom is 0.477 e. The zero-order chi connectivity index (χ0) is 37.9. The molecule has 51 heavy (non-hydrogen) atoms. The number of phosphoric acid groups is 1. The molecule has 4 aromatic rings. The second kappa shape index (κ2) is 13.8. The van der Waals surface area contributed by atoms with Crippen LogP contribution in [0, 0.1) is 5.82 Å². The molecule has 3 aromatic heterocycles. The van der Waals surface area contributed by atoms with Gasteiger partial charge in [0.05, 0.1) is 61.8 Å². The van der Waals surface area contributed by atoms with Gasteiger partial charge in [0, 0.05) is 53.7 Å². The third-order valence-electron chi connectivity index (χ3n) is 7.62. The van der Waals surface area contributed by atoms with Crippen molar-refractivity contribution >= 4 is 64.5 Å². The lowest BCUT2D eigenvalue weighted by Crippen LogP contribution is -2.49. The van der Waals surface area contributed by atoms with Crippen molar-refractivity contribution in [2.24, 2.45) is 7.05 Å². The number of hydrogen-bond donors (Lipinski definition) is 1. The predicted octanol–water partition coefficient (Wildman–Crippen LogP) is 5.83. The number of ether oxygens (including phenoxy) is 1. The highest BCUT2D eigenvalue weighted by Gasteiger charge is 2.39. The molecule has 1 aliphatic rings. The van der Waals surface area contributed by atoms with Crippen molar-refractivity contribution in [1.82, 2.24) is 24.5 Å². The average molecular weight is 724 g/mol. The van der Waals surface area contributed by atoms with Crippen LogP contribution >= 0.6 is 19.4 Å². The summed E-state index contributed by atoms with van der Waals surface area (Å²) in [6.07, 6.45) is 2.71. The second-order valence-corrected chi connectivity index (χ2v) is 16.4. The van der Waals surface area contributed by atoms with Gasteiger partial charge < -0.3 is 10.1 Å². The van der Waals surface area contributed by atoms with Gasteiger partial charge in [0.15, 0.2) is 16.7 Å². The summed E-state index contributed by atoms with van der Waals surface area (Å²) in [6, 6.07) is 5.99. The van der Waals surface area contributed by atoms with Gasteiger partial charge in [0.2, 0.25) is 0 Å². The van der Waals surface area contributed by atoms with E-state index in [1.807, 2.05) is 6.20 Å². The molecule has 11 nitrogen and oxygen atoms in total. The minimum Gasteiger partial charge on any atom is -0.482 e. The number of rotatable bonds is 8. The minimum absolute atomic E-state index is 0.0283. The molecule has 2 bridgehead atoms. The predicted molar refractivity (Wildman–Crippen MR) is 199 cm³/mol. The van der Waals surface area contributed by atoms with Crippen LogP contribution in [0.25, 0.3) is 22.5 Å². The number of nitrogens with zero attached hydrogens (tertiary/aromatic N) is 5. The van der Waals surface area contributed by atoms with Crippen molar-refractivity contribution < 1.29 is 27.3 Å². The lowest BCUT2D eigenvalue weighted by Gasteiger charge is -2.43. The second-order valence-electron chi connectivity index (χ2n) is 14.5. The molecule has 10 radical (unpaired) electrons. The van der Waals surface area contributed by atoms with Gasteiger partial charge in [-0.15, -0.1) is 5.11 Å². The number of aromatic nitrogens is 5. The van der Waals surface area contributed by atoms with E-state index in [1.165, 1.54) is 18.3 Å². The summed E-state index contributed by atoms with van der Waals surface area (Å²) in [5, 5.41) is 7.84. The quantitative estimate of drug-likeness (QED) is 0.136. The van der Waals surface area contributed by atoms with Gasteiger partial charge in [-0.3, -0.25) is 22.9 Å². The minimum atomic E-state index is -4.10. The summed E-state index contributed by atoms with van der Waals surface area (Å²) >= 11 is 6.80. The van der Waals surface area contributed by atoms with Crippen LogP contribution in [0.2, 0.25) is 10.3 Å². The molecule has 4 heterocycles. The zero-order valence-corrected chi connectivity index (χ0v) is 31.5. The Morgan fingerprint density at radius 2 is 1.71 bits per heavy atom. The smallest absolute Gasteiger partial charge is 0.477 e. The molecule has 1 aromatic carbocycles. The highest BCUT2D eigenvalue weighted by molar-refractivity contribution is 7.48. The monoisotopic (exact) mass is 724 g/mol. The van der Waals surface area contributed by atoms with Gasteiger partial charge in [-0.25, -0.2) is 13.9 Å². The fourth-order valence-corrected chi connectivity index (χ4v) is 7.41. The Bertz CT molecular complexity index is 1970. The Morgan fingerprint density at radius 3 is 2.31 bits per heavy atom. The lowest BCUT2D eigenvalue weighted by atomic mass is 9.26. The van der Waals surface area contributed by atoms with Gasteiger partial charge in [-0.05, 0) is 78.1 Å². The fourth-order valence-electron chi connectivity index (χ4n) is 5.47. The summed E-state index contributed by atoms with van der Waals surface area (Å²) in [4.78, 5) is 4.61. The van der Waals surface area contributed by atoms with E-state index in [1.54, 1.807) is 72.3 Å². The van der Waals surface area contributed by atoms with E-state index in [0.29, 0.717) is 33.6 Å². The first kappa shape index (κ1) is 39.3. The van der Waals surface area contributed by atoms with Crippen LogP contribution in [0.3, 0.4) is 0 Å². The lowest BCUT2D eigenvalue weighted by molar-refractivity contribution is 0.00549. The van der Waals surface area contributed by atoms with E-state index in [9.17, 15) is 8.96 Å². The van der Waals surface area contributed by atoms with E-state index < -0.39 is 41.4 Å².